The van der Waals surface area contributed by atoms with Crippen molar-refractivity contribution in [2.24, 2.45) is 0 Å². The van der Waals surface area contributed by atoms with Crippen LogP contribution in [-0.2, 0) is 0 Å². The Hall–Kier alpha value is -1.93. The quantitative estimate of drug-likeness (QED) is 0.630. The summed E-state index contributed by atoms with van der Waals surface area (Å²) in [4.78, 5) is 10.3. The molecule has 0 aliphatic rings. The van der Waals surface area contributed by atoms with Gasteiger partial charge in [-0.15, -0.1) is 0 Å². The molecule has 0 amide bonds. The number of hydrogen-bond acceptors (Lipinski definition) is 4. The van der Waals surface area contributed by atoms with Crippen LogP contribution in [0.5, 0.6) is 0 Å². The van der Waals surface area contributed by atoms with Crippen LogP contribution in [0.1, 0.15) is 44.2 Å². The van der Waals surface area contributed by atoms with Gasteiger partial charge < -0.3 is 5.32 Å². The summed E-state index contributed by atoms with van der Waals surface area (Å²) in [5.74, 6) is 0.176. The van der Waals surface area contributed by atoms with E-state index in [4.69, 9.17) is 0 Å². The number of nitriles is 1. The maximum absolute atomic E-state index is 10.7. The van der Waals surface area contributed by atoms with Crippen LogP contribution in [-0.4, -0.2) is 17.5 Å². The number of rotatable bonds is 6. The molecule has 19 heavy (non-hydrogen) atoms. The molecule has 1 aromatic carbocycles. The molecule has 0 spiro atoms. The average molecular weight is 261 g/mol. The highest BCUT2D eigenvalue weighted by Gasteiger charge is 2.21. The lowest BCUT2D eigenvalue weighted by atomic mass is 9.87. The van der Waals surface area contributed by atoms with Gasteiger partial charge in [-0.1, -0.05) is 19.9 Å². The molecule has 2 atom stereocenters. The normalized spacial score (nSPS) is 13.6. The third-order valence-corrected chi connectivity index (χ3v) is 3.34. The zero-order valence-electron chi connectivity index (χ0n) is 11.5. The number of nitrogens with zero attached hydrogens (tertiary/aromatic N) is 2. The first-order chi connectivity index (χ1) is 9.04. The molecule has 0 saturated carbocycles. The van der Waals surface area contributed by atoms with E-state index < -0.39 is 4.92 Å². The summed E-state index contributed by atoms with van der Waals surface area (Å²) in [6, 6.07) is 6.83. The van der Waals surface area contributed by atoms with Crippen molar-refractivity contribution in [2.45, 2.75) is 39.2 Å². The lowest BCUT2D eigenvalue weighted by Crippen LogP contribution is -2.32. The summed E-state index contributed by atoms with van der Waals surface area (Å²) in [7, 11) is 0. The summed E-state index contributed by atoms with van der Waals surface area (Å²) in [6.45, 7) is 7.01. The van der Waals surface area contributed by atoms with Crippen LogP contribution in [0, 0.1) is 21.4 Å². The molecule has 1 N–H and O–H groups in total. The van der Waals surface area contributed by atoms with Gasteiger partial charge in [0.25, 0.3) is 5.69 Å². The fourth-order valence-electron chi connectivity index (χ4n) is 2.39. The van der Waals surface area contributed by atoms with Gasteiger partial charge in [0.2, 0.25) is 0 Å². The second-order valence-electron chi connectivity index (χ2n) is 4.50. The summed E-state index contributed by atoms with van der Waals surface area (Å²) in [6.07, 6.45) is 0.876. The molecule has 5 nitrogen and oxygen atoms in total. The molecule has 102 valence electrons. The number of benzene rings is 1. The molecule has 0 heterocycles. The number of hydrogen-bond donors (Lipinski definition) is 1. The molecule has 0 fully saturated rings. The van der Waals surface area contributed by atoms with Crippen LogP contribution in [0.4, 0.5) is 5.69 Å². The van der Waals surface area contributed by atoms with E-state index >= 15 is 0 Å². The minimum absolute atomic E-state index is 0.0359. The van der Waals surface area contributed by atoms with E-state index in [9.17, 15) is 15.4 Å². The summed E-state index contributed by atoms with van der Waals surface area (Å²) < 4.78 is 0. The first-order valence-corrected chi connectivity index (χ1v) is 6.46. The fraction of sp³-hybridized carbons (Fsp3) is 0.500. The number of non-ortho nitro benzene ring substituents is 1. The number of nitro benzene ring substituents is 1. The smallest absolute Gasteiger partial charge is 0.270 e. The Balaban J connectivity index is 3.18. The van der Waals surface area contributed by atoms with Crippen molar-refractivity contribution < 1.29 is 4.92 Å². The van der Waals surface area contributed by atoms with E-state index in [0.29, 0.717) is 5.56 Å². The largest absolute Gasteiger partial charge is 0.314 e. The first-order valence-electron chi connectivity index (χ1n) is 6.46. The van der Waals surface area contributed by atoms with Gasteiger partial charge in [0.15, 0.2) is 0 Å². The molecular weight excluding hydrogens is 242 g/mol. The standard InChI is InChI=1S/C14H19N3O2/c1-4-13(10(3)16-5-2)14-7-6-12(17(18)19)8-11(14)9-15/h6-8,10,13,16H,4-5H2,1-3H3. The third-order valence-electron chi connectivity index (χ3n) is 3.34. The van der Waals surface area contributed by atoms with E-state index in [2.05, 4.69) is 25.2 Å². The first kappa shape index (κ1) is 15.1. The Kier molecular flexibility index (Phi) is 5.46. The summed E-state index contributed by atoms with van der Waals surface area (Å²) in [5.41, 5.74) is 1.24. The molecule has 0 radical (unpaired) electrons. The lowest BCUT2D eigenvalue weighted by molar-refractivity contribution is -0.384. The van der Waals surface area contributed by atoms with Crippen LogP contribution in [0.15, 0.2) is 18.2 Å². The zero-order chi connectivity index (χ0) is 14.4. The minimum atomic E-state index is -0.473. The fourth-order valence-corrected chi connectivity index (χ4v) is 2.39. The monoisotopic (exact) mass is 261 g/mol. The van der Waals surface area contributed by atoms with Gasteiger partial charge in [0.1, 0.15) is 0 Å². The Bertz CT molecular complexity index is 494. The second kappa shape index (κ2) is 6.86. The van der Waals surface area contributed by atoms with Crippen LogP contribution in [0.25, 0.3) is 0 Å². The van der Waals surface area contributed by atoms with Crippen molar-refractivity contribution in [1.29, 1.82) is 5.26 Å². The van der Waals surface area contributed by atoms with Crippen molar-refractivity contribution >= 4 is 5.69 Å². The lowest BCUT2D eigenvalue weighted by Gasteiger charge is -2.24. The molecule has 5 heteroatoms. The predicted molar refractivity (Wildman–Crippen MR) is 74.0 cm³/mol. The van der Waals surface area contributed by atoms with Gasteiger partial charge in [0.05, 0.1) is 16.6 Å². The Morgan fingerprint density at radius 3 is 2.63 bits per heavy atom. The molecule has 0 aliphatic heterocycles. The maximum atomic E-state index is 10.7. The van der Waals surface area contributed by atoms with Crippen LogP contribution in [0.3, 0.4) is 0 Å². The highest BCUT2D eigenvalue weighted by Crippen LogP contribution is 2.29. The van der Waals surface area contributed by atoms with Crippen molar-refractivity contribution in [2.75, 3.05) is 6.54 Å². The van der Waals surface area contributed by atoms with Gasteiger partial charge in [-0.2, -0.15) is 5.26 Å². The Morgan fingerprint density at radius 2 is 2.16 bits per heavy atom. The number of nitrogens with one attached hydrogen (secondary N) is 1. The van der Waals surface area contributed by atoms with Gasteiger partial charge in [0, 0.05) is 24.1 Å². The van der Waals surface area contributed by atoms with Gasteiger partial charge >= 0.3 is 0 Å². The maximum Gasteiger partial charge on any atom is 0.270 e. The van der Waals surface area contributed by atoms with Crippen LogP contribution >= 0.6 is 0 Å². The minimum Gasteiger partial charge on any atom is -0.314 e. The molecule has 2 unspecified atom stereocenters. The van der Waals surface area contributed by atoms with E-state index in [-0.39, 0.29) is 17.6 Å². The van der Waals surface area contributed by atoms with Gasteiger partial charge in [-0.3, -0.25) is 10.1 Å². The molecule has 1 aromatic rings. The van der Waals surface area contributed by atoms with Crippen molar-refractivity contribution in [3.05, 3.63) is 39.4 Å². The third kappa shape index (κ3) is 3.52. The molecule has 0 bridgehead atoms. The summed E-state index contributed by atoms with van der Waals surface area (Å²) >= 11 is 0. The topological polar surface area (TPSA) is 79.0 Å². The molecule has 0 aromatic heterocycles. The summed E-state index contributed by atoms with van der Waals surface area (Å²) in [5, 5.41) is 23.3. The highest BCUT2D eigenvalue weighted by molar-refractivity contribution is 5.48. The number of nitro groups is 1. The molecule has 0 saturated heterocycles. The predicted octanol–water partition coefficient (Wildman–Crippen LogP) is 2.96. The molecule has 0 aliphatic carbocycles. The molecular formula is C14H19N3O2. The molecule has 1 rings (SSSR count). The highest BCUT2D eigenvalue weighted by atomic mass is 16.6. The van der Waals surface area contributed by atoms with Crippen molar-refractivity contribution in [1.82, 2.24) is 5.32 Å². The Morgan fingerprint density at radius 1 is 1.47 bits per heavy atom. The average Bonchev–Trinajstić information content (AvgIpc) is 2.40. The van der Waals surface area contributed by atoms with E-state index in [1.807, 2.05) is 6.92 Å². The Labute approximate surface area is 113 Å². The number of likely N-dealkylation sites (N-methyl/N-ethyl adjacent to an activating group) is 1. The van der Waals surface area contributed by atoms with Gasteiger partial charge in [-0.05, 0) is 25.5 Å². The van der Waals surface area contributed by atoms with Crippen molar-refractivity contribution in [3.63, 3.8) is 0 Å². The second-order valence-corrected chi connectivity index (χ2v) is 4.50. The van der Waals surface area contributed by atoms with E-state index in [0.717, 1.165) is 18.5 Å². The SMILES string of the molecule is CCNC(C)C(CC)c1ccc([N+](=O)[O-])cc1C#N. The van der Waals surface area contributed by atoms with Crippen molar-refractivity contribution in [3.8, 4) is 6.07 Å². The van der Waals surface area contributed by atoms with Crippen LogP contribution < -0.4 is 5.32 Å². The van der Waals surface area contributed by atoms with Crippen LogP contribution in [0.2, 0.25) is 0 Å². The van der Waals surface area contributed by atoms with E-state index in [1.54, 1.807) is 6.07 Å². The van der Waals surface area contributed by atoms with Gasteiger partial charge in [-0.25, -0.2) is 0 Å². The van der Waals surface area contributed by atoms with E-state index in [1.165, 1.54) is 12.1 Å². The zero-order valence-corrected chi connectivity index (χ0v) is 11.5.